The molecule has 1 aromatic carbocycles. The molecule has 1 aliphatic rings. The summed E-state index contributed by atoms with van der Waals surface area (Å²) in [7, 11) is 0. The highest BCUT2D eigenvalue weighted by atomic mass is 19.1. The second kappa shape index (κ2) is 13.7. The number of unbranched alkanes of at least 4 members (excludes halogenated alkanes) is 7. The molecule has 0 spiro atoms. The zero-order chi connectivity index (χ0) is 22.6. The first kappa shape index (κ1) is 24.9. The molecule has 2 nitrogen and oxygen atoms in total. The van der Waals surface area contributed by atoms with Crippen molar-refractivity contribution in [2.24, 2.45) is 5.92 Å². The number of aromatic nitrogens is 2. The molecule has 1 saturated carbocycles. The van der Waals surface area contributed by atoms with Crippen LogP contribution in [0.2, 0.25) is 0 Å². The second-order valence-electron chi connectivity index (χ2n) is 9.88. The van der Waals surface area contributed by atoms with E-state index < -0.39 is 0 Å². The molecule has 1 aliphatic carbocycles. The molecule has 0 saturated heterocycles. The van der Waals surface area contributed by atoms with Crippen LogP contribution in [0.25, 0.3) is 11.4 Å². The van der Waals surface area contributed by atoms with Gasteiger partial charge in [-0.3, -0.25) is 0 Å². The van der Waals surface area contributed by atoms with Gasteiger partial charge in [-0.05, 0) is 67.6 Å². The molecule has 2 aromatic rings. The largest absolute Gasteiger partial charge is 0.236 e. The van der Waals surface area contributed by atoms with Crippen molar-refractivity contribution in [2.45, 2.75) is 116 Å². The third-order valence-corrected chi connectivity index (χ3v) is 7.32. The van der Waals surface area contributed by atoms with Crippen LogP contribution in [0.5, 0.6) is 0 Å². The highest BCUT2D eigenvalue weighted by molar-refractivity contribution is 5.55. The van der Waals surface area contributed by atoms with Crippen LogP contribution < -0.4 is 0 Å². The fourth-order valence-electron chi connectivity index (χ4n) is 5.15. The molecule has 0 amide bonds. The summed E-state index contributed by atoms with van der Waals surface area (Å²) in [6.07, 6.45) is 22.9. The van der Waals surface area contributed by atoms with E-state index in [1.807, 2.05) is 24.5 Å². The van der Waals surface area contributed by atoms with Crippen molar-refractivity contribution in [1.82, 2.24) is 9.97 Å². The third kappa shape index (κ3) is 7.67. The van der Waals surface area contributed by atoms with Crippen molar-refractivity contribution in [1.29, 1.82) is 0 Å². The minimum Gasteiger partial charge on any atom is -0.236 e. The zero-order valence-electron chi connectivity index (χ0n) is 20.4. The molecule has 0 N–H and O–H groups in total. The van der Waals surface area contributed by atoms with Crippen LogP contribution in [0.1, 0.15) is 121 Å². The van der Waals surface area contributed by atoms with Crippen molar-refractivity contribution in [3.05, 3.63) is 47.5 Å². The van der Waals surface area contributed by atoms with Crippen LogP contribution in [0.3, 0.4) is 0 Å². The zero-order valence-corrected chi connectivity index (χ0v) is 20.4. The van der Waals surface area contributed by atoms with E-state index in [2.05, 4.69) is 23.8 Å². The van der Waals surface area contributed by atoms with Gasteiger partial charge >= 0.3 is 0 Å². The molecule has 0 unspecified atom stereocenters. The molecule has 3 rings (SSSR count). The number of rotatable bonds is 13. The van der Waals surface area contributed by atoms with Gasteiger partial charge in [0, 0.05) is 18.0 Å². The Bertz CT molecular complexity index is 778. The van der Waals surface area contributed by atoms with Gasteiger partial charge in [-0.2, -0.15) is 0 Å². The Kier molecular flexibility index (Phi) is 10.6. The summed E-state index contributed by atoms with van der Waals surface area (Å²) in [6, 6.07) is 5.49. The van der Waals surface area contributed by atoms with Crippen molar-refractivity contribution in [3.63, 3.8) is 0 Å². The smallest absolute Gasteiger partial charge is 0.159 e. The molecule has 176 valence electrons. The lowest BCUT2D eigenvalue weighted by atomic mass is 9.77. The van der Waals surface area contributed by atoms with E-state index in [1.165, 1.54) is 89.0 Å². The molecule has 0 aliphatic heterocycles. The van der Waals surface area contributed by atoms with E-state index in [-0.39, 0.29) is 5.82 Å². The Morgan fingerprint density at radius 3 is 2.12 bits per heavy atom. The summed E-state index contributed by atoms with van der Waals surface area (Å²) in [5.74, 6) is 2.00. The number of halogens is 1. The van der Waals surface area contributed by atoms with Gasteiger partial charge in [-0.25, -0.2) is 14.4 Å². The predicted octanol–water partition coefficient (Wildman–Crippen LogP) is 9.04. The number of aryl methyl sites for hydroxylation is 1. The standard InChI is InChI=1S/C29H43FN2/c1-3-5-7-9-10-12-23-14-16-24(17-15-23)27-21-31-29(32-22-27)26-19-18-25(28(30)20-26)13-11-8-6-4-2/h18-24H,3-17H2,1-2H3. The van der Waals surface area contributed by atoms with Crippen LogP contribution in [-0.2, 0) is 6.42 Å². The topological polar surface area (TPSA) is 25.8 Å². The third-order valence-electron chi connectivity index (χ3n) is 7.32. The molecule has 0 bridgehead atoms. The quantitative estimate of drug-likeness (QED) is 0.291. The Balaban J connectivity index is 1.47. The Morgan fingerprint density at radius 1 is 0.812 bits per heavy atom. The molecule has 0 atom stereocenters. The van der Waals surface area contributed by atoms with Crippen molar-refractivity contribution >= 4 is 0 Å². The van der Waals surface area contributed by atoms with Crippen LogP contribution in [-0.4, -0.2) is 9.97 Å². The maximum atomic E-state index is 14.5. The molecular formula is C29H43FN2. The normalized spacial score (nSPS) is 18.7. The van der Waals surface area contributed by atoms with Crippen LogP contribution in [0.4, 0.5) is 4.39 Å². The van der Waals surface area contributed by atoms with E-state index in [4.69, 9.17) is 0 Å². The maximum absolute atomic E-state index is 14.5. The lowest BCUT2D eigenvalue weighted by molar-refractivity contribution is 0.301. The highest BCUT2D eigenvalue weighted by Gasteiger charge is 2.22. The monoisotopic (exact) mass is 438 g/mol. The summed E-state index contributed by atoms with van der Waals surface area (Å²) < 4.78 is 14.5. The second-order valence-corrected chi connectivity index (χ2v) is 9.88. The van der Waals surface area contributed by atoms with Gasteiger partial charge in [0.05, 0.1) is 0 Å². The van der Waals surface area contributed by atoms with Crippen LogP contribution in [0, 0.1) is 11.7 Å². The van der Waals surface area contributed by atoms with E-state index in [0.29, 0.717) is 11.7 Å². The number of hydrogen-bond acceptors (Lipinski definition) is 2. The minimum atomic E-state index is -0.125. The number of benzene rings is 1. The van der Waals surface area contributed by atoms with Crippen LogP contribution in [0.15, 0.2) is 30.6 Å². The maximum Gasteiger partial charge on any atom is 0.159 e. The van der Waals surface area contributed by atoms with Crippen molar-refractivity contribution in [2.75, 3.05) is 0 Å². The predicted molar refractivity (Wildman–Crippen MR) is 133 cm³/mol. The van der Waals surface area contributed by atoms with Crippen molar-refractivity contribution < 1.29 is 4.39 Å². The Hall–Kier alpha value is -1.77. The van der Waals surface area contributed by atoms with Gasteiger partial charge < -0.3 is 0 Å². The fourth-order valence-corrected chi connectivity index (χ4v) is 5.15. The average molecular weight is 439 g/mol. The summed E-state index contributed by atoms with van der Waals surface area (Å²) in [5, 5.41) is 0. The van der Waals surface area contributed by atoms with Gasteiger partial charge in [0.1, 0.15) is 5.82 Å². The SMILES string of the molecule is CCCCCCCC1CCC(c2cnc(-c3ccc(CCCCCC)c(F)c3)nc2)CC1. The first-order valence-corrected chi connectivity index (χ1v) is 13.3. The summed E-state index contributed by atoms with van der Waals surface area (Å²) >= 11 is 0. The lowest BCUT2D eigenvalue weighted by Crippen LogP contribution is -2.14. The van der Waals surface area contributed by atoms with Gasteiger partial charge in [0.25, 0.3) is 0 Å². The Labute approximate surface area is 195 Å². The Morgan fingerprint density at radius 2 is 1.47 bits per heavy atom. The minimum absolute atomic E-state index is 0.125. The molecule has 1 aromatic heterocycles. The van der Waals surface area contributed by atoms with E-state index in [9.17, 15) is 4.39 Å². The first-order valence-electron chi connectivity index (χ1n) is 13.3. The number of hydrogen-bond donors (Lipinski definition) is 0. The first-order chi connectivity index (χ1) is 15.7. The molecule has 32 heavy (non-hydrogen) atoms. The van der Waals surface area contributed by atoms with Crippen molar-refractivity contribution in [3.8, 4) is 11.4 Å². The van der Waals surface area contributed by atoms with Gasteiger partial charge in [-0.15, -0.1) is 0 Å². The highest BCUT2D eigenvalue weighted by Crippen LogP contribution is 2.37. The lowest BCUT2D eigenvalue weighted by Gasteiger charge is -2.28. The molecule has 1 heterocycles. The van der Waals surface area contributed by atoms with E-state index in [1.54, 1.807) is 6.07 Å². The fraction of sp³-hybridized carbons (Fsp3) is 0.655. The van der Waals surface area contributed by atoms with Crippen LogP contribution >= 0.6 is 0 Å². The van der Waals surface area contributed by atoms with E-state index in [0.717, 1.165) is 29.9 Å². The summed E-state index contributed by atoms with van der Waals surface area (Å²) in [5.41, 5.74) is 2.84. The molecule has 0 radical (unpaired) electrons. The molecule has 3 heteroatoms. The molecular weight excluding hydrogens is 395 g/mol. The average Bonchev–Trinajstić information content (AvgIpc) is 2.83. The van der Waals surface area contributed by atoms with Gasteiger partial charge in [0.15, 0.2) is 5.82 Å². The molecule has 1 fully saturated rings. The van der Waals surface area contributed by atoms with Gasteiger partial charge in [-0.1, -0.05) is 83.8 Å². The summed E-state index contributed by atoms with van der Waals surface area (Å²) in [6.45, 7) is 4.48. The van der Waals surface area contributed by atoms with Gasteiger partial charge in [0.2, 0.25) is 0 Å². The van der Waals surface area contributed by atoms with E-state index >= 15 is 0 Å². The number of nitrogens with zero attached hydrogens (tertiary/aromatic N) is 2. The summed E-state index contributed by atoms with van der Waals surface area (Å²) in [4.78, 5) is 9.20.